The van der Waals surface area contributed by atoms with E-state index < -0.39 is 0 Å². The van der Waals surface area contributed by atoms with E-state index in [-0.39, 0.29) is 17.6 Å². The van der Waals surface area contributed by atoms with Crippen LogP contribution in [0, 0.1) is 5.41 Å². The summed E-state index contributed by atoms with van der Waals surface area (Å²) in [5.41, 5.74) is 2.44. The van der Waals surface area contributed by atoms with Crippen molar-refractivity contribution in [2.75, 3.05) is 13.1 Å². The maximum atomic E-state index is 8.40. The van der Waals surface area contributed by atoms with E-state index in [1.54, 1.807) is 0 Å². The quantitative estimate of drug-likeness (QED) is 0.629. The zero-order valence-corrected chi connectivity index (χ0v) is 13.2. The number of hydrogen-bond donors (Lipinski definition) is 1. The van der Waals surface area contributed by atoms with Gasteiger partial charge in [0.25, 0.3) is 0 Å². The normalized spacial score (nSPS) is 23.8. The number of morpholine rings is 1. The van der Waals surface area contributed by atoms with Gasteiger partial charge in [0, 0.05) is 18.7 Å². The van der Waals surface area contributed by atoms with E-state index in [9.17, 15) is 0 Å². The van der Waals surface area contributed by atoms with Crippen molar-refractivity contribution in [1.82, 2.24) is 4.90 Å². The number of nitrogens with zero attached hydrogens (tertiary/aromatic N) is 1. The molecule has 0 spiro atoms. The van der Waals surface area contributed by atoms with Crippen molar-refractivity contribution in [2.24, 2.45) is 0 Å². The van der Waals surface area contributed by atoms with Gasteiger partial charge >= 0.3 is 0 Å². The number of nitrogens with one attached hydrogen (secondary N) is 1. The zero-order chi connectivity index (χ0) is 14.9. The fraction of sp³-hybridized carbons (Fsp3) is 0.588. The molecule has 0 saturated carbocycles. The molecule has 0 aliphatic carbocycles. The molecule has 20 heavy (non-hydrogen) atoms. The zero-order valence-electron chi connectivity index (χ0n) is 13.2. The molecule has 1 aromatic carbocycles. The molecule has 1 saturated heterocycles. The van der Waals surface area contributed by atoms with Crippen LogP contribution in [0.3, 0.4) is 0 Å². The van der Waals surface area contributed by atoms with Crippen LogP contribution in [0.1, 0.15) is 45.7 Å². The Hall–Kier alpha value is -1.35. The Kier molecular flexibility index (Phi) is 4.19. The first-order chi connectivity index (χ1) is 9.27. The lowest BCUT2D eigenvalue weighted by molar-refractivity contribution is -0.0480. The van der Waals surface area contributed by atoms with Gasteiger partial charge in [-0.2, -0.15) is 0 Å². The van der Waals surface area contributed by atoms with Crippen LogP contribution in [0.15, 0.2) is 24.3 Å². The lowest BCUT2D eigenvalue weighted by Gasteiger charge is -2.37. The van der Waals surface area contributed by atoms with Gasteiger partial charge in [-0.3, -0.25) is 5.41 Å². The molecule has 1 fully saturated rings. The molecule has 2 atom stereocenters. The summed E-state index contributed by atoms with van der Waals surface area (Å²) < 4.78 is 5.73. The van der Waals surface area contributed by atoms with Gasteiger partial charge in [-0.05, 0) is 24.8 Å². The molecule has 1 aliphatic rings. The first-order valence-corrected chi connectivity index (χ1v) is 7.37. The first-order valence-electron chi connectivity index (χ1n) is 7.37. The van der Waals surface area contributed by atoms with Crippen LogP contribution in [-0.4, -0.2) is 36.0 Å². The average Bonchev–Trinajstić information content (AvgIpc) is 2.36. The molecule has 0 aromatic heterocycles. The van der Waals surface area contributed by atoms with Gasteiger partial charge in [0.15, 0.2) is 0 Å². The Labute approximate surface area is 122 Å². The second kappa shape index (κ2) is 5.57. The second-order valence-electron chi connectivity index (χ2n) is 6.84. The molecule has 2 unspecified atom stereocenters. The van der Waals surface area contributed by atoms with Crippen LogP contribution in [0.5, 0.6) is 0 Å². The lowest BCUT2D eigenvalue weighted by atomic mass is 9.86. The first kappa shape index (κ1) is 15.0. The number of hydrogen-bond acceptors (Lipinski definition) is 2. The van der Waals surface area contributed by atoms with Crippen molar-refractivity contribution < 1.29 is 4.74 Å². The molecule has 0 amide bonds. The van der Waals surface area contributed by atoms with Crippen LogP contribution < -0.4 is 0 Å². The van der Waals surface area contributed by atoms with Crippen molar-refractivity contribution in [2.45, 2.75) is 52.2 Å². The summed E-state index contributed by atoms with van der Waals surface area (Å²) in [6.07, 6.45) is 0.376. The van der Waals surface area contributed by atoms with Crippen LogP contribution in [0.25, 0.3) is 0 Å². The Bertz CT molecular complexity index is 463. The number of benzene rings is 1. The van der Waals surface area contributed by atoms with E-state index in [0.29, 0.717) is 5.84 Å². The summed E-state index contributed by atoms with van der Waals surface area (Å²) >= 11 is 0. The van der Waals surface area contributed by atoms with Gasteiger partial charge in [0.2, 0.25) is 0 Å². The molecular weight excluding hydrogens is 248 g/mol. The van der Waals surface area contributed by atoms with Gasteiger partial charge in [-0.1, -0.05) is 45.0 Å². The molecule has 0 bridgehead atoms. The maximum absolute atomic E-state index is 8.40. The molecule has 2 rings (SSSR count). The fourth-order valence-corrected chi connectivity index (χ4v) is 2.67. The lowest BCUT2D eigenvalue weighted by Crippen LogP contribution is -2.48. The molecule has 3 heteroatoms. The van der Waals surface area contributed by atoms with Crippen LogP contribution in [0.4, 0.5) is 0 Å². The van der Waals surface area contributed by atoms with Crippen molar-refractivity contribution in [3.05, 3.63) is 35.4 Å². The minimum absolute atomic E-state index is 0.155. The highest BCUT2D eigenvalue weighted by Crippen LogP contribution is 2.23. The van der Waals surface area contributed by atoms with Crippen molar-refractivity contribution in [1.29, 1.82) is 5.41 Å². The summed E-state index contributed by atoms with van der Waals surface area (Å²) in [5, 5.41) is 8.40. The summed E-state index contributed by atoms with van der Waals surface area (Å²) in [7, 11) is 0. The molecule has 1 aromatic rings. The molecule has 1 N–H and O–H groups in total. The topological polar surface area (TPSA) is 36.3 Å². The van der Waals surface area contributed by atoms with E-state index in [2.05, 4.69) is 63.8 Å². The Balaban J connectivity index is 2.13. The van der Waals surface area contributed by atoms with E-state index in [4.69, 9.17) is 10.1 Å². The minimum atomic E-state index is 0.155. The summed E-state index contributed by atoms with van der Waals surface area (Å²) in [5.74, 6) is 0.604. The highest BCUT2D eigenvalue weighted by atomic mass is 16.5. The summed E-state index contributed by atoms with van der Waals surface area (Å²) in [6.45, 7) is 12.3. The van der Waals surface area contributed by atoms with Gasteiger partial charge in [-0.25, -0.2) is 0 Å². The predicted octanol–water partition coefficient (Wildman–Crippen LogP) is 3.42. The van der Waals surface area contributed by atoms with Gasteiger partial charge in [0.1, 0.15) is 5.84 Å². The third kappa shape index (κ3) is 3.40. The van der Waals surface area contributed by atoms with Gasteiger partial charge in [0.05, 0.1) is 12.2 Å². The molecule has 1 aliphatic heterocycles. The second-order valence-corrected chi connectivity index (χ2v) is 6.84. The summed E-state index contributed by atoms with van der Waals surface area (Å²) in [4.78, 5) is 2.12. The van der Waals surface area contributed by atoms with Gasteiger partial charge in [-0.15, -0.1) is 0 Å². The Morgan fingerprint density at radius 3 is 2.05 bits per heavy atom. The third-order valence-electron chi connectivity index (χ3n) is 3.76. The van der Waals surface area contributed by atoms with Gasteiger partial charge < -0.3 is 9.64 Å². The molecule has 110 valence electrons. The van der Waals surface area contributed by atoms with E-state index in [1.165, 1.54) is 5.56 Å². The third-order valence-corrected chi connectivity index (χ3v) is 3.76. The predicted molar refractivity (Wildman–Crippen MR) is 83.6 cm³/mol. The maximum Gasteiger partial charge on any atom is 0.128 e. The van der Waals surface area contributed by atoms with E-state index in [1.807, 2.05) is 0 Å². The van der Waals surface area contributed by atoms with Crippen molar-refractivity contribution in [3.8, 4) is 0 Å². The largest absolute Gasteiger partial charge is 0.372 e. The highest BCUT2D eigenvalue weighted by Gasteiger charge is 2.24. The molecular formula is C17H26N2O. The van der Waals surface area contributed by atoms with Crippen LogP contribution in [-0.2, 0) is 10.2 Å². The monoisotopic (exact) mass is 274 g/mol. The number of rotatable bonds is 1. The average molecular weight is 274 g/mol. The van der Waals surface area contributed by atoms with Crippen LogP contribution in [0.2, 0.25) is 0 Å². The standard InChI is InChI=1S/C17H26N2O/c1-12-10-19(11-13(2)20-12)16(18)14-6-8-15(9-7-14)17(3,4)5/h6-9,12-13,18H,10-11H2,1-5H3. The smallest absolute Gasteiger partial charge is 0.128 e. The Morgan fingerprint density at radius 1 is 1.10 bits per heavy atom. The van der Waals surface area contributed by atoms with E-state index >= 15 is 0 Å². The minimum Gasteiger partial charge on any atom is -0.372 e. The van der Waals surface area contributed by atoms with Crippen molar-refractivity contribution >= 4 is 5.84 Å². The number of ether oxygens (including phenoxy) is 1. The SMILES string of the molecule is CC1CN(C(=N)c2ccc(C(C)(C)C)cc2)CC(C)O1. The molecule has 3 nitrogen and oxygen atoms in total. The molecule has 1 heterocycles. The van der Waals surface area contributed by atoms with Crippen LogP contribution >= 0.6 is 0 Å². The summed E-state index contributed by atoms with van der Waals surface area (Å²) in [6, 6.07) is 8.40. The molecule has 0 radical (unpaired) electrons. The van der Waals surface area contributed by atoms with Crippen molar-refractivity contribution in [3.63, 3.8) is 0 Å². The number of amidine groups is 1. The highest BCUT2D eigenvalue weighted by molar-refractivity contribution is 5.96. The fourth-order valence-electron chi connectivity index (χ4n) is 2.67. The van der Waals surface area contributed by atoms with E-state index in [0.717, 1.165) is 18.7 Å². The Morgan fingerprint density at radius 2 is 1.60 bits per heavy atom.